The molecule has 1 saturated heterocycles. The minimum Gasteiger partial charge on any atom is -0.483 e. The largest absolute Gasteiger partial charge is 0.483 e. The van der Waals surface area contributed by atoms with Gasteiger partial charge in [0.25, 0.3) is 5.91 Å². The highest BCUT2D eigenvalue weighted by Crippen LogP contribution is 2.32. The molecule has 6 nitrogen and oxygen atoms in total. The van der Waals surface area contributed by atoms with E-state index < -0.39 is 15.8 Å². The van der Waals surface area contributed by atoms with Crippen molar-refractivity contribution in [1.82, 2.24) is 4.31 Å². The summed E-state index contributed by atoms with van der Waals surface area (Å²) in [5.41, 5.74) is 1.56. The fourth-order valence-corrected chi connectivity index (χ4v) is 5.91. The van der Waals surface area contributed by atoms with Gasteiger partial charge in [0, 0.05) is 25.3 Å². The molecule has 0 atom stereocenters. The van der Waals surface area contributed by atoms with Crippen LogP contribution in [0, 0.1) is 5.82 Å². The third-order valence-electron chi connectivity index (χ3n) is 5.42. The van der Waals surface area contributed by atoms with Crippen molar-refractivity contribution in [2.45, 2.75) is 30.6 Å². The summed E-state index contributed by atoms with van der Waals surface area (Å²) in [5.74, 6) is -0.249. The average molecular weight is 497 g/mol. The Morgan fingerprint density at radius 1 is 1.07 bits per heavy atom. The van der Waals surface area contributed by atoms with Crippen LogP contribution >= 0.6 is 15.9 Å². The van der Waals surface area contributed by atoms with Gasteiger partial charge in [0.05, 0.1) is 9.37 Å². The van der Waals surface area contributed by atoms with E-state index in [1.807, 2.05) is 0 Å². The number of sulfonamides is 1. The monoisotopic (exact) mass is 496 g/mol. The molecule has 4 rings (SSSR count). The van der Waals surface area contributed by atoms with Crippen LogP contribution in [-0.4, -0.2) is 44.9 Å². The molecular formula is C21H22BrFN2O4S. The molecule has 2 aliphatic rings. The summed E-state index contributed by atoms with van der Waals surface area (Å²) in [6.07, 6.45) is 3.23. The molecule has 1 fully saturated rings. The number of fused-ring (bicyclic) bond motifs is 1. The third kappa shape index (κ3) is 4.24. The van der Waals surface area contributed by atoms with Gasteiger partial charge in [-0.2, -0.15) is 4.31 Å². The molecule has 9 heteroatoms. The number of nitrogens with zero attached hydrogens (tertiary/aromatic N) is 2. The Kier molecular flexibility index (Phi) is 6.13. The summed E-state index contributed by atoms with van der Waals surface area (Å²) in [7, 11) is -3.50. The molecule has 0 aromatic heterocycles. The Balaban J connectivity index is 1.51. The lowest BCUT2D eigenvalue weighted by Gasteiger charge is -2.30. The van der Waals surface area contributed by atoms with Gasteiger partial charge in [0.15, 0.2) is 6.61 Å². The van der Waals surface area contributed by atoms with Crippen molar-refractivity contribution in [1.29, 1.82) is 0 Å². The Labute approximate surface area is 183 Å². The Morgan fingerprint density at radius 2 is 1.83 bits per heavy atom. The highest BCUT2D eigenvalue weighted by molar-refractivity contribution is 9.10. The van der Waals surface area contributed by atoms with Gasteiger partial charge in [0.1, 0.15) is 11.6 Å². The van der Waals surface area contributed by atoms with Gasteiger partial charge < -0.3 is 9.64 Å². The van der Waals surface area contributed by atoms with Crippen LogP contribution in [0.4, 0.5) is 10.1 Å². The highest BCUT2D eigenvalue weighted by atomic mass is 79.9. The second-order valence-corrected chi connectivity index (χ2v) is 10.2. The molecule has 0 aliphatic carbocycles. The summed E-state index contributed by atoms with van der Waals surface area (Å²) < 4.78 is 46.4. The van der Waals surface area contributed by atoms with Crippen molar-refractivity contribution in [3.63, 3.8) is 0 Å². The second kappa shape index (κ2) is 8.64. The predicted molar refractivity (Wildman–Crippen MR) is 115 cm³/mol. The lowest BCUT2D eigenvalue weighted by molar-refractivity contribution is -0.120. The smallest absolute Gasteiger partial charge is 0.264 e. The van der Waals surface area contributed by atoms with Crippen molar-refractivity contribution in [3.8, 4) is 5.75 Å². The zero-order valence-electron chi connectivity index (χ0n) is 16.3. The fourth-order valence-electron chi connectivity index (χ4n) is 3.88. The van der Waals surface area contributed by atoms with E-state index in [9.17, 15) is 17.6 Å². The lowest BCUT2D eigenvalue weighted by Crippen LogP contribution is -2.38. The van der Waals surface area contributed by atoms with Crippen LogP contribution in [-0.2, 0) is 21.2 Å². The number of hydrogen-bond donors (Lipinski definition) is 0. The molecule has 0 N–H and O–H groups in total. The molecule has 2 heterocycles. The topological polar surface area (TPSA) is 66.9 Å². The van der Waals surface area contributed by atoms with Crippen LogP contribution in [0.15, 0.2) is 45.8 Å². The second-order valence-electron chi connectivity index (χ2n) is 7.41. The number of rotatable bonds is 5. The molecular weight excluding hydrogens is 475 g/mol. The van der Waals surface area contributed by atoms with Gasteiger partial charge in [-0.1, -0.05) is 0 Å². The fraction of sp³-hybridized carbons (Fsp3) is 0.381. The van der Waals surface area contributed by atoms with E-state index in [4.69, 9.17) is 4.74 Å². The van der Waals surface area contributed by atoms with Crippen LogP contribution in [0.25, 0.3) is 0 Å². The molecule has 0 unspecified atom stereocenters. The Bertz CT molecular complexity index is 1070. The van der Waals surface area contributed by atoms with Crippen molar-refractivity contribution < 1.29 is 22.3 Å². The van der Waals surface area contributed by atoms with Crippen LogP contribution in [0.3, 0.4) is 0 Å². The van der Waals surface area contributed by atoms with E-state index in [1.54, 1.807) is 23.1 Å². The number of benzene rings is 2. The summed E-state index contributed by atoms with van der Waals surface area (Å²) in [4.78, 5) is 14.7. The van der Waals surface area contributed by atoms with E-state index in [2.05, 4.69) is 15.9 Å². The Hall–Kier alpha value is -1.97. The number of amides is 1. The van der Waals surface area contributed by atoms with Crippen LogP contribution in [0.1, 0.15) is 24.8 Å². The van der Waals surface area contributed by atoms with E-state index >= 15 is 0 Å². The van der Waals surface area contributed by atoms with Gasteiger partial charge in [-0.05, 0) is 83.6 Å². The third-order valence-corrected chi connectivity index (χ3v) is 7.93. The molecule has 2 aliphatic heterocycles. The van der Waals surface area contributed by atoms with Crippen LogP contribution in [0.2, 0.25) is 0 Å². The van der Waals surface area contributed by atoms with Crippen molar-refractivity contribution in [2.24, 2.45) is 0 Å². The summed E-state index contributed by atoms with van der Waals surface area (Å²) in [5, 5.41) is 0. The minimum absolute atomic E-state index is 0.197. The zero-order valence-corrected chi connectivity index (χ0v) is 18.7. The molecule has 0 bridgehead atoms. The number of anilines is 1. The summed E-state index contributed by atoms with van der Waals surface area (Å²) in [6.45, 7) is 1.45. The normalized spacial score (nSPS) is 17.1. The predicted octanol–water partition coefficient (Wildman–Crippen LogP) is 3.73. The number of ether oxygens (including phenoxy) is 1. The van der Waals surface area contributed by atoms with Gasteiger partial charge in [0.2, 0.25) is 10.0 Å². The van der Waals surface area contributed by atoms with Crippen LogP contribution < -0.4 is 9.64 Å². The SMILES string of the molecule is O=C(COc1ccc(F)cc1Br)N1CCCc2cc(S(=O)(=O)N3CCCC3)ccc21. The molecule has 0 saturated carbocycles. The maximum absolute atomic E-state index is 13.2. The number of halogens is 2. The number of carbonyl (C=O) groups is 1. The first kappa shape index (κ1) is 21.3. The van der Waals surface area contributed by atoms with Crippen molar-refractivity contribution in [3.05, 3.63) is 52.3 Å². The molecule has 1 amide bonds. The first-order valence-corrected chi connectivity index (χ1v) is 12.1. The maximum atomic E-state index is 13.2. The molecule has 160 valence electrons. The first-order chi connectivity index (χ1) is 14.4. The highest BCUT2D eigenvalue weighted by Gasteiger charge is 2.29. The van der Waals surface area contributed by atoms with Gasteiger partial charge in [-0.3, -0.25) is 4.79 Å². The Morgan fingerprint density at radius 3 is 2.57 bits per heavy atom. The van der Waals surface area contributed by atoms with Crippen molar-refractivity contribution in [2.75, 3.05) is 31.1 Å². The molecule has 0 spiro atoms. The average Bonchev–Trinajstić information content (AvgIpc) is 3.28. The van der Waals surface area contributed by atoms with Crippen molar-refractivity contribution >= 4 is 37.5 Å². The quantitative estimate of drug-likeness (QED) is 0.632. The molecule has 30 heavy (non-hydrogen) atoms. The van der Waals surface area contributed by atoms with Gasteiger partial charge >= 0.3 is 0 Å². The standard InChI is InChI=1S/C21H22BrFN2O4S/c22-18-13-16(23)5-8-20(18)29-14-21(26)25-11-3-4-15-12-17(6-7-19(15)25)30(27,28)24-9-1-2-10-24/h5-8,12-13H,1-4,9-11,14H2. The summed E-state index contributed by atoms with van der Waals surface area (Å²) >= 11 is 3.22. The van der Waals surface area contributed by atoms with E-state index in [-0.39, 0.29) is 17.4 Å². The lowest BCUT2D eigenvalue weighted by atomic mass is 10.0. The minimum atomic E-state index is -3.50. The van der Waals surface area contributed by atoms with Gasteiger partial charge in [-0.25, -0.2) is 12.8 Å². The maximum Gasteiger partial charge on any atom is 0.264 e. The molecule has 2 aromatic carbocycles. The van der Waals surface area contributed by atoms with E-state index in [0.717, 1.165) is 24.8 Å². The van der Waals surface area contributed by atoms with Gasteiger partial charge in [-0.15, -0.1) is 0 Å². The number of carbonyl (C=O) groups excluding carboxylic acids is 1. The first-order valence-electron chi connectivity index (χ1n) is 9.87. The summed E-state index contributed by atoms with van der Waals surface area (Å²) in [6, 6.07) is 8.99. The number of hydrogen-bond acceptors (Lipinski definition) is 4. The number of aryl methyl sites for hydroxylation is 1. The van der Waals surface area contributed by atoms with E-state index in [1.165, 1.54) is 22.5 Å². The zero-order chi connectivity index (χ0) is 21.3. The molecule has 2 aromatic rings. The molecule has 0 radical (unpaired) electrons. The van der Waals surface area contributed by atoms with E-state index in [0.29, 0.717) is 42.0 Å². The van der Waals surface area contributed by atoms with Crippen LogP contribution in [0.5, 0.6) is 5.75 Å².